The predicted octanol–water partition coefficient (Wildman–Crippen LogP) is 2.06. The average molecular weight is 321 g/mol. The Morgan fingerprint density at radius 1 is 0.958 bits per heavy atom. The number of nitrogen functional groups attached to an aromatic ring is 1. The fraction of sp³-hybridized carbons (Fsp3) is 0.118. The number of hydrogen-bond donors (Lipinski definition) is 3. The largest absolute Gasteiger partial charge is 0.508 e. The van der Waals surface area contributed by atoms with Gasteiger partial charge < -0.3 is 15.9 Å². The van der Waals surface area contributed by atoms with Crippen LogP contribution >= 0.6 is 0 Å². The highest BCUT2D eigenvalue weighted by atomic mass is 16.3. The van der Waals surface area contributed by atoms with Gasteiger partial charge in [-0.1, -0.05) is 12.1 Å². The molecule has 0 amide bonds. The number of rotatable bonds is 3. The Morgan fingerprint density at radius 2 is 1.71 bits per heavy atom. The summed E-state index contributed by atoms with van der Waals surface area (Å²) in [6.45, 7) is 0. The molecular formula is C17H15N5O2. The summed E-state index contributed by atoms with van der Waals surface area (Å²) in [7, 11) is 0. The number of benzene rings is 2. The monoisotopic (exact) mass is 321 g/mol. The van der Waals surface area contributed by atoms with Crippen molar-refractivity contribution in [2.24, 2.45) is 0 Å². The molecule has 24 heavy (non-hydrogen) atoms. The molecule has 0 saturated heterocycles. The normalized spacial score (nSPS) is 11.3. The number of nitrogens with zero attached hydrogens (tertiary/aromatic N) is 4. The maximum atomic E-state index is 9.59. The molecule has 2 aromatic carbocycles. The first-order valence-electron chi connectivity index (χ1n) is 7.52. The van der Waals surface area contributed by atoms with Crippen LogP contribution in [0.4, 0.5) is 5.95 Å². The van der Waals surface area contributed by atoms with Gasteiger partial charge in [0.05, 0.1) is 5.52 Å². The van der Waals surface area contributed by atoms with E-state index in [0.29, 0.717) is 18.5 Å². The third-order valence-electron chi connectivity index (χ3n) is 3.86. The highest BCUT2D eigenvalue weighted by Crippen LogP contribution is 2.23. The van der Waals surface area contributed by atoms with Crippen molar-refractivity contribution in [2.75, 3.05) is 5.73 Å². The van der Waals surface area contributed by atoms with Crippen molar-refractivity contribution in [1.82, 2.24) is 19.6 Å². The molecule has 7 heteroatoms. The van der Waals surface area contributed by atoms with Gasteiger partial charge in [-0.05, 0) is 36.2 Å². The third-order valence-corrected chi connectivity index (χ3v) is 3.86. The smallest absolute Gasteiger partial charge is 0.240 e. The molecule has 4 aromatic rings. The van der Waals surface area contributed by atoms with Gasteiger partial charge in [0.1, 0.15) is 17.3 Å². The maximum absolute atomic E-state index is 9.59. The molecule has 2 heterocycles. The quantitative estimate of drug-likeness (QED) is 0.533. The van der Waals surface area contributed by atoms with Crippen molar-refractivity contribution in [3.8, 4) is 11.5 Å². The summed E-state index contributed by atoms with van der Waals surface area (Å²) in [6.07, 6.45) is 1.15. The zero-order valence-corrected chi connectivity index (χ0v) is 12.7. The Morgan fingerprint density at radius 3 is 2.50 bits per heavy atom. The van der Waals surface area contributed by atoms with Gasteiger partial charge in [0.2, 0.25) is 5.95 Å². The summed E-state index contributed by atoms with van der Waals surface area (Å²) >= 11 is 0. The molecule has 0 atom stereocenters. The van der Waals surface area contributed by atoms with E-state index in [2.05, 4.69) is 15.1 Å². The highest BCUT2D eigenvalue weighted by molar-refractivity contribution is 5.91. The molecule has 0 saturated carbocycles. The third kappa shape index (κ3) is 2.45. The Labute approximate surface area is 137 Å². The Balaban J connectivity index is 1.77. The summed E-state index contributed by atoms with van der Waals surface area (Å²) < 4.78 is 1.65. The van der Waals surface area contributed by atoms with Gasteiger partial charge in [-0.2, -0.15) is 9.50 Å². The Hall–Kier alpha value is -3.35. The number of aryl methyl sites for hydroxylation is 2. The molecule has 0 radical (unpaired) electrons. The van der Waals surface area contributed by atoms with Crippen molar-refractivity contribution in [3.63, 3.8) is 0 Å². The Bertz CT molecular complexity index is 1040. The fourth-order valence-corrected chi connectivity index (χ4v) is 2.85. The number of nitrogens with two attached hydrogens (primary N) is 1. The van der Waals surface area contributed by atoms with E-state index in [0.717, 1.165) is 22.3 Å². The van der Waals surface area contributed by atoms with Gasteiger partial charge in [-0.25, -0.2) is 4.98 Å². The van der Waals surface area contributed by atoms with Crippen LogP contribution in [-0.2, 0) is 12.8 Å². The van der Waals surface area contributed by atoms with Crippen LogP contribution in [0.2, 0.25) is 0 Å². The lowest BCUT2D eigenvalue weighted by Crippen LogP contribution is -2.05. The van der Waals surface area contributed by atoms with E-state index in [9.17, 15) is 10.2 Å². The van der Waals surface area contributed by atoms with Gasteiger partial charge in [-0.3, -0.25) is 0 Å². The number of anilines is 1. The minimum absolute atomic E-state index is 0.0339. The molecule has 120 valence electrons. The number of para-hydroxylation sites is 1. The van der Waals surface area contributed by atoms with Crippen LogP contribution in [0.5, 0.6) is 11.5 Å². The summed E-state index contributed by atoms with van der Waals surface area (Å²) in [5, 5.41) is 24.3. The molecule has 0 bridgehead atoms. The number of fused-ring (bicyclic) bond motifs is 3. The zero-order chi connectivity index (χ0) is 16.7. The number of aromatic nitrogens is 4. The second-order valence-corrected chi connectivity index (χ2v) is 5.61. The van der Waals surface area contributed by atoms with E-state index in [4.69, 9.17) is 5.73 Å². The van der Waals surface area contributed by atoms with Crippen molar-refractivity contribution < 1.29 is 10.2 Å². The molecule has 0 unspecified atom stereocenters. The maximum Gasteiger partial charge on any atom is 0.240 e. The molecule has 2 aromatic heterocycles. The van der Waals surface area contributed by atoms with Crippen LogP contribution in [-0.4, -0.2) is 29.8 Å². The van der Waals surface area contributed by atoms with Crippen LogP contribution in [0, 0.1) is 0 Å². The Kier molecular flexibility index (Phi) is 3.19. The minimum atomic E-state index is 0.0339. The van der Waals surface area contributed by atoms with E-state index < -0.39 is 0 Å². The van der Waals surface area contributed by atoms with Crippen molar-refractivity contribution in [1.29, 1.82) is 0 Å². The number of phenols is 2. The number of aromatic hydroxyl groups is 2. The fourth-order valence-electron chi connectivity index (χ4n) is 2.85. The van der Waals surface area contributed by atoms with Gasteiger partial charge in [-0.15, -0.1) is 5.10 Å². The van der Waals surface area contributed by atoms with Gasteiger partial charge in [0.15, 0.2) is 5.65 Å². The number of phenolic OH excluding ortho intramolecular Hbond substituents is 2. The molecule has 4 N–H and O–H groups in total. The van der Waals surface area contributed by atoms with Crippen LogP contribution in [0.1, 0.15) is 11.4 Å². The van der Waals surface area contributed by atoms with Crippen LogP contribution in [0.25, 0.3) is 16.6 Å². The van der Waals surface area contributed by atoms with Crippen molar-refractivity contribution in [3.05, 3.63) is 53.9 Å². The molecule has 0 aliphatic heterocycles. The average Bonchev–Trinajstić information content (AvgIpc) is 2.93. The first kappa shape index (κ1) is 14.3. The minimum Gasteiger partial charge on any atom is -0.508 e. The molecular weight excluding hydrogens is 306 g/mol. The van der Waals surface area contributed by atoms with Gasteiger partial charge in [0, 0.05) is 17.9 Å². The first-order valence-corrected chi connectivity index (χ1v) is 7.52. The van der Waals surface area contributed by atoms with E-state index in [-0.39, 0.29) is 17.4 Å². The number of hydrogen-bond acceptors (Lipinski definition) is 6. The van der Waals surface area contributed by atoms with Crippen LogP contribution in [0.3, 0.4) is 0 Å². The zero-order valence-electron chi connectivity index (χ0n) is 12.7. The lowest BCUT2D eigenvalue weighted by atomic mass is 10.1. The first-order chi connectivity index (χ1) is 11.6. The topological polar surface area (TPSA) is 110 Å². The molecule has 4 rings (SSSR count). The molecule has 0 spiro atoms. The SMILES string of the molecule is Nc1nc2c3ccccc3nc(CCc3cc(O)cc(O)c3)n2n1. The summed E-state index contributed by atoms with van der Waals surface area (Å²) in [4.78, 5) is 8.95. The summed E-state index contributed by atoms with van der Waals surface area (Å²) in [6, 6.07) is 12.2. The van der Waals surface area contributed by atoms with Gasteiger partial charge in [0.25, 0.3) is 0 Å². The van der Waals surface area contributed by atoms with E-state index >= 15 is 0 Å². The standard InChI is InChI=1S/C17H15N5O2/c18-17-20-16-13-3-1-2-4-14(13)19-15(22(16)21-17)6-5-10-7-11(23)9-12(24)8-10/h1-4,7-9,23-24H,5-6H2,(H2,18,21). The second kappa shape index (κ2) is 5.38. The van der Waals surface area contributed by atoms with Crippen LogP contribution < -0.4 is 5.73 Å². The van der Waals surface area contributed by atoms with Gasteiger partial charge >= 0.3 is 0 Å². The summed E-state index contributed by atoms with van der Waals surface area (Å²) in [5.74, 6) is 0.985. The lowest BCUT2D eigenvalue weighted by Gasteiger charge is -2.07. The highest BCUT2D eigenvalue weighted by Gasteiger charge is 2.12. The van der Waals surface area contributed by atoms with Crippen LogP contribution in [0.15, 0.2) is 42.5 Å². The van der Waals surface area contributed by atoms with Crippen molar-refractivity contribution >= 4 is 22.5 Å². The van der Waals surface area contributed by atoms with E-state index in [1.807, 2.05) is 24.3 Å². The second-order valence-electron chi connectivity index (χ2n) is 5.61. The van der Waals surface area contributed by atoms with E-state index in [1.165, 1.54) is 6.07 Å². The summed E-state index contributed by atoms with van der Waals surface area (Å²) in [5.41, 5.74) is 8.07. The van der Waals surface area contributed by atoms with Crippen molar-refractivity contribution in [2.45, 2.75) is 12.8 Å². The predicted molar refractivity (Wildman–Crippen MR) is 89.9 cm³/mol. The van der Waals surface area contributed by atoms with E-state index in [1.54, 1.807) is 16.6 Å². The molecule has 7 nitrogen and oxygen atoms in total. The molecule has 0 aliphatic rings. The molecule has 0 aliphatic carbocycles. The lowest BCUT2D eigenvalue weighted by molar-refractivity contribution is 0.449. The molecule has 0 fully saturated rings.